The molecule has 0 aliphatic carbocycles. The Balaban J connectivity index is 2.23. The number of esters is 1. The predicted octanol–water partition coefficient (Wildman–Crippen LogP) is 3.99. The molecule has 1 heterocycles. The highest BCUT2D eigenvalue weighted by Gasteiger charge is 2.22. The highest BCUT2D eigenvalue weighted by Crippen LogP contribution is 2.32. The maximum Gasteiger partial charge on any atom is 0.308 e. The van der Waals surface area contributed by atoms with Gasteiger partial charge in [0.05, 0.1) is 5.02 Å². The second kappa shape index (κ2) is 7.15. The highest BCUT2D eigenvalue weighted by molar-refractivity contribution is 8.45. The van der Waals surface area contributed by atoms with Crippen LogP contribution in [0.2, 0.25) is 5.02 Å². The van der Waals surface area contributed by atoms with E-state index in [1.165, 1.54) is 18.7 Å². The van der Waals surface area contributed by atoms with Crippen molar-refractivity contribution in [1.29, 1.82) is 0 Å². The topological polar surface area (TPSA) is 55.7 Å². The Morgan fingerprint density at radius 2 is 2.29 bits per heavy atom. The zero-order chi connectivity index (χ0) is 15.4. The Morgan fingerprint density at radius 1 is 1.52 bits per heavy atom. The van der Waals surface area contributed by atoms with Gasteiger partial charge in [0.1, 0.15) is 15.8 Å². The monoisotopic (exact) mass is 341 g/mol. The van der Waals surface area contributed by atoms with Gasteiger partial charge in [-0.05, 0) is 41.3 Å². The molecule has 0 amide bonds. The van der Waals surface area contributed by atoms with Crippen molar-refractivity contribution in [3.8, 4) is 5.75 Å². The molecule has 2 rings (SSSR count). The Kier molecular flexibility index (Phi) is 5.50. The van der Waals surface area contributed by atoms with Gasteiger partial charge in [0.25, 0.3) is 0 Å². The molecule has 0 fully saturated rings. The zero-order valence-corrected chi connectivity index (χ0v) is 13.8. The molecule has 0 saturated heterocycles. The molecule has 0 atom stereocenters. The largest absolute Gasteiger partial charge is 0.425 e. The van der Waals surface area contributed by atoms with Crippen LogP contribution in [0, 0.1) is 0 Å². The number of carbonyl (C=O) groups excluding carboxylic acids is 2. The summed E-state index contributed by atoms with van der Waals surface area (Å²) in [6, 6.07) is 4.94. The second-order valence-electron chi connectivity index (χ2n) is 4.01. The van der Waals surface area contributed by atoms with E-state index in [0.29, 0.717) is 16.5 Å². The summed E-state index contributed by atoms with van der Waals surface area (Å²) in [4.78, 5) is 27.0. The summed E-state index contributed by atoms with van der Waals surface area (Å²) in [6.07, 6.45) is 1.67. The van der Waals surface area contributed by atoms with Crippen molar-refractivity contribution in [1.82, 2.24) is 0 Å². The summed E-state index contributed by atoms with van der Waals surface area (Å²) in [5, 5.41) is 0.232. The normalized spacial score (nSPS) is 16.2. The molecule has 0 saturated carbocycles. The van der Waals surface area contributed by atoms with Crippen LogP contribution in [0.5, 0.6) is 5.75 Å². The van der Waals surface area contributed by atoms with Crippen molar-refractivity contribution < 1.29 is 14.3 Å². The number of carbonyl (C=O) groups is 2. The molecule has 0 unspecified atom stereocenters. The maximum absolute atomic E-state index is 11.8. The average Bonchev–Trinajstić information content (AvgIpc) is 2.73. The summed E-state index contributed by atoms with van der Waals surface area (Å²) in [5.41, 5.74) is 1.12. The van der Waals surface area contributed by atoms with Gasteiger partial charge in [-0.3, -0.25) is 9.59 Å². The first-order valence-electron chi connectivity index (χ1n) is 6.13. The summed E-state index contributed by atoms with van der Waals surface area (Å²) >= 11 is 8.71. The van der Waals surface area contributed by atoms with Crippen LogP contribution in [-0.4, -0.2) is 21.2 Å². The number of hydrogen-bond donors (Lipinski definition) is 0. The molecule has 1 aromatic rings. The molecule has 4 nitrogen and oxygen atoms in total. The van der Waals surface area contributed by atoms with E-state index < -0.39 is 5.97 Å². The molecule has 7 heteroatoms. The van der Waals surface area contributed by atoms with Crippen molar-refractivity contribution in [2.75, 3.05) is 5.75 Å². The van der Waals surface area contributed by atoms with E-state index >= 15 is 0 Å². The molecular weight excluding hydrogens is 330 g/mol. The summed E-state index contributed by atoms with van der Waals surface area (Å²) in [5.74, 6) is 0.732. The third-order valence-electron chi connectivity index (χ3n) is 2.38. The number of rotatable bonds is 3. The van der Waals surface area contributed by atoms with Crippen LogP contribution in [0.15, 0.2) is 28.9 Å². The molecule has 1 aromatic carbocycles. The Bertz CT molecular complexity index is 656. The van der Waals surface area contributed by atoms with E-state index in [0.717, 1.165) is 27.5 Å². The number of ether oxygens (including phenoxy) is 1. The van der Waals surface area contributed by atoms with Gasteiger partial charge < -0.3 is 4.74 Å². The third kappa shape index (κ3) is 4.36. The Labute approximate surface area is 136 Å². The first kappa shape index (κ1) is 16.1. The third-order valence-corrected chi connectivity index (χ3v) is 4.57. The summed E-state index contributed by atoms with van der Waals surface area (Å²) in [6.45, 7) is 3.32. The molecule has 110 valence electrons. The highest BCUT2D eigenvalue weighted by atomic mass is 35.5. The number of thioether (sulfide) groups is 2. The van der Waals surface area contributed by atoms with Crippen LogP contribution in [0.25, 0.3) is 6.08 Å². The van der Waals surface area contributed by atoms with Crippen molar-refractivity contribution in [3.63, 3.8) is 0 Å². The SMILES string of the molecule is CCSC1=N/C(=C/c2ccc(OC(C)=O)c(Cl)c2)C(=O)S1. The predicted molar refractivity (Wildman–Crippen MR) is 88.9 cm³/mol. The molecule has 1 aliphatic rings. The summed E-state index contributed by atoms with van der Waals surface area (Å²) in [7, 11) is 0. The molecule has 0 radical (unpaired) electrons. The van der Waals surface area contributed by atoms with E-state index in [2.05, 4.69) is 4.99 Å². The quantitative estimate of drug-likeness (QED) is 0.472. The number of halogens is 1. The van der Waals surface area contributed by atoms with E-state index in [1.54, 1.807) is 24.3 Å². The molecule has 0 N–H and O–H groups in total. The van der Waals surface area contributed by atoms with E-state index in [-0.39, 0.29) is 5.12 Å². The molecule has 21 heavy (non-hydrogen) atoms. The van der Waals surface area contributed by atoms with Gasteiger partial charge in [-0.25, -0.2) is 4.99 Å². The summed E-state index contributed by atoms with van der Waals surface area (Å²) < 4.78 is 5.71. The number of nitrogens with zero attached hydrogens (tertiary/aromatic N) is 1. The zero-order valence-electron chi connectivity index (χ0n) is 11.4. The Hall–Kier alpha value is -1.24. The van der Waals surface area contributed by atoms with Gasteiger partial charge in [-0.15, -0.1) is 0 Å². The first-order valence-corrected chi connectivity index (χ1v) is 8.31. The van der Waals surface area contributed by atoms with Crippen LogP contribution in [0.1, 0.15) is 19.4 Å². The van der Waals surface area contributed by atoms with Crippen LogP contribution in [-0.2, 0) is 9.59 Å². The lowest BCUT2D eigenvalue weighted by molar-refractivity contribution is -0.131. The fourth-order valence-electron chi connectivity index (χ4n) is 1.58. The average molecular weight is 342 g/mol. The minimum Gasteiger partial charge on any atom is -0.425 e. The van der Waals surface area contributed by atoms with Crippen molar-refractivity contribution in [3.05, 3.63) is 34.5 Å². The number of benzene rings is 1. The minimum absolute atomic E-state index is 0.0777. The van der Waals surface area contributed by atoms with E-state index in [1.807, 2.05) is 6.92 Å². The smallest absolute Gasteiger partial charge is 0.308 e. The van der Waals surface area contributed by atoms with Crippen molar-refractivity contribution >= 4 is 56.7 Å². The van der Waals surface area contributed by atoms with Gasteiger partial charge in [-0.1, -0.05) is 36.4 Å². The van der Waals surface area contributed by atoms with E-state index in [4.69, 9.17) is 16.3 Å². The van der Waals surface area contributed by atoms with E-state index in [9.17, 15) is 9.59 Å². The Morgan fingerprint density at radius 3 is 2.90 bits per heavy atom. The van der Waals surface area contributed by atoms with Crippen LogP contribution in [0.4, 0.5) is 0 Å². The molecule has 1 aliphatic heterocycles. The van der Waals surface area contributed by atoms with Crippen LogP contribution < -0.4 is 4.74 Å². The minimum atomic E-state index is -0.434. The van der Waals surface area contributed by atoms with Crippen molar-refractivity contribution in [2.24, 2.45) is 4.99 Å². The molecule has 0 spiro atoms. The second-order valence-corrected chi connectivity index (χ2v) is 6.89. The van der Waals surface area contributed by atoms with Gasteiger partial charge in [0.2, 0.25) is 5.12 Å². The molecular formula is C14H12ClNO3S2. The van der Waals surface area contributed by atoms with Gasteiger partial charge in [0, 0.05) is 6.92 Å². The lowest BCUT2D eigenvalue weighted by Gasteiger charge is -2.04. The fourth-order valence-corrected chi connectivity index (χ4v) is 3.54. The van der Waals surface area contributed by atoms with Crippen LogP contribution >= 0.6 is 35.1 Å². The standard InChI is InChI=1S/C14H12ClNO3S2/c1-3-20-14-16-11(13(18)21-14)7-9-4-5-12(10(15)6-9)19-8(2)17/h4-7H,3H2,1-2H3/b11-7+. The van der Waals surface area contributed by atoms with Gasteiger partial charge in [-0.2, -0.15) is 0 Å². The fraction of sp³-hybridized carbons (Fsp3) is 0.214. The molecule has 0 bridgehead atoms. The molecule has 0 aromatic heterocycles. The lowest BCUT2D eigenvalue weighted by atomic mass is 10.2. The lowest BCUT2D eigenvalue weighted by Crippen LogP contribution is -2.01. The number of aliphatic imine (C=N–C) groups is 1. The number of hydrogen-bond acceptors (Lipinski definition) is 6. The van der Waals surface area contributed by atoms with Gasteiger partial charge >= 0.3 is 5.97 Å². The van der Waals surface area contributed by atoms with Gasteiger partial charge in [0.15, 0.2) is 0 Å². The first-order chi connectivity index (χ1) is 9.99. The maximum atomic E-state index is 11.8. The van der Waals surface area contributed by atoms with Crippen LogP contribution in [0.3, 0.4) is 0 Å². The van der Waals surface area contributed by atoms with Crippen molar-refractivity contribution in [2.45, 2.75) is 13.8 Å².